The Hall–Kier alpha value is -2.53. The number of benzene rings is 2. The quantitative estimate of drug-likeness (QED) is 0.390. The molecule has 0 aromatic heterocycles. The third kappa shape index (κ3) is 3.49. The van der Waals surface area contributed by atoms with Crippen molar-refractivity contribution in [3.63, 3.8) is 0 Å². The molecule has 0 aliphatic rings. The van der Waals surface area contributed by atoms with Crippen LogP contribution in [0, 0.1) is 0 Å². The van der Waals surface area contributed by atoms with E-state index >= 15 is 0 Å². The zero-order valence-electron chi connectivity index (χ0n) is 10.6. The SMILES string of the molecule is NC(=S)N/N=C(\C(=O)c1ccccc1)c1ccccc1. The number of nitrogens with two attached hydrogens (primary N) is 1. The van der Waals surface area contributed by atoms with Gasteiger partial charge in [0.05, 0.1) is 0 Å². The Bertz CT molecular complexity index is 639. The molecule has 0 unspecified atom stereocenters. The molecule has 2 aromatic carbocycles. The fourth-order valence-corrected chi connectivity index (χ4v) is 1.73. The summed E-state index contributed by atoms with van der Waals surface area (Å²) in [6.07, 6.45) is 0. The molecular weight excluding hydrogens is 270 g/mol. The Balaban J connectivity index is 2.40. The molecule has 0 heterocycles. The molecule has 0 saturated carbocycles. The van der Waals surface area contributed by atoms with E-state index in [0.29, 0.717) is 11.1 Å². The van der Waals surface area contributed by atoms with Crippen LogP contribution in [0.2, 0.25) is 0 Å². The molecule has 0 amide bonds. The summed E-state index contributed by atoms with van der Waals surface area (Å²) < 4.78 is 0. The summed E-state index contributed by atoms with van der Waals surface area (Å²) in [5.74, 6) is -0.194. The third-order valence-corrected chi connectivity index (χ3v) is 2.67. The number of hydrogen-bond donors (Lipinski definition) is 2. The van der Waals surface area contributed by atoms with Gasteiger partial charge in [-0.2, -0.15) is 5.10 Å². The van der Waals surface area contributed by atoms with Crippen LogP contribution in [0.5, 0.6) is 0 Å². The molecule has 5 heteroatoms. The van der Waals surface area contributed by atoms with Crippen molar-refractivity contribution in [2.24, 2.45) is 10.8 Å². The monoisotopic (exact) mass is 283 g/mol. The van der Waals surface area contributed by atoms with Gasteiger partial charge in [0.1, 0.15) is 5.71 Å². The standard InChI is InChI=1S/C15H13N3OS/c16-15(20)18-17-13(11-7-3-1-4-8-11)14(19)12-9-5-2-6-10-12/h1-10H,(H3,16,18,20)/b17-13-. The lowest BCUT2D eigenvalue weighted by molar-refractivity contribution is 0.106. The third-order valence-electron chi connectivity index (χ3n) is 2.58. The molecule has 0 atom stereocenters. The number of carbonyl (C=O) groups is 1. The predicted octanol–water partition coefficient (Wildman–Crippen LogP) is 2.11. The summed E-state index contributed by atoms with van der Waals surface area (Å²) in [7, 11) is 0. The highest BCUT2D eigenvalue weighted by molar-refractivity contribution is 7.80. The van der Waals surface area contributed by atoms with E-state index < -0.39 is 0 Å². The Morgan fingerprint density at radius 3 is 1.95 bits per heavy atom. The van der Waals surface area contributed by atoms with Crippen LogP contribution in [0.1, 0.15) is 15.9 Å². The van der Waals surface area contributed by atoms with Crippen LogP contribution in [-0.2, 0) is 0 Å². The van der Waals surface area contributed by atoms with Crippen molar-refractivity contribution < 1.29 is 4.79 Å². The molecule has 100 valence electrons. The number of Topliss-reactive ketones (excluding diaryl/α,β-unsaturated/α-hetero) is 1. The number of nitrogens with one attached hydrogen (secondary N) is 1. The number of ketones is 1. The Labute approximate surface area is 122 Å². The van der Waals surface area contributed by atoms with Gasteiger partial charge in [-0.3, -0.25) is 10.2 Å². The lowest BCUT2D eigenvalue weighted by Crippen LogP contribution is -2.28. The number of thiocarbonyl (C=S) groups is 1. The molecule has 0 aliphatic carbocycles. The van der Waals surface area contributed by atoms with Crippen molar-refractivity contribution in [1.29, 1.82) is 0 Å². The molecule has 0 saturated heterocycles. The van der Waals surface area contributed by atoms with Crippen LogP contribution in [0.25, 0.3) is 0 Å². The minimum absolute atomic E-state index is 0.0132. The van der Waals surface area contributed by atoms with E-state index in [9.17, 15) is 4.79 Å². The maximum absolute atomic E-state index is 12.5. The summed E-state index contributed by atoms with van der Waals surface area (Å²) in [5, 5.41) is 4.03. The summed E-state index contributed by atoms with van der Waals surface area (Å²) in [5.41, 5.74) is 9.35. The van der Waals surface area contributed by atoms with Crippen LogP contribution in [0.4, 0.5) is 0 Å². The van der Waals surface area contributed by atoms with Crippen LogP contribution < -0.4 is 11.2 Å². The molecule has 0 radical (unpaired) electrons. The van der Waals surface area contributed by atoms with E-state index in [0.717, 1.165) is 0 Å². The number of rotatable bonds is 4. The average Bonchev–Trinajstić information content (AvgIpc) is 2.49. The molecule has 2 aromatic rings. The highest BCUT2D eigenvalue weighted by atomic mass is 32.1. The smallest absolute Gasteiger partial charge is 0.213 e. The van der Waals surface area contributed by atoms with Crippen molar-refractivity contribution in [2.75, 3.05) is 0 Å². The van der Waals surface area contributed by atoms with Gasteiger partial charge in [-0.25, -0.2) is 0 Å². The second-order valence-corrected chi connectivity index (χ2v) is 4.44. The number of nitrogens with zero attached hydrogens (tertiary/aromatic N) is 1. The molecule has 0 spiro atoms. The van der Waals surface area contributed by atoms with E-state index in [1.807, 2.05) is 24.3 Å². The topological polar surface area (TPSA) is 67.5 Å². The highest BCUT2D eigenvalue weighted by Crippen LogP contribution is 2.08. The second kappa shape index (κ2) is 6.58. The van der Waals surface area contributed by atoms with E-state index in [4.69, 9.17) is 18.0 Å². The van der Waals surface area contributed by atoms with Crippen LogP contribution in [0.15, 0.2) is 65.8 Å². The molecule has 0 aliphatic heterocycles. The highest BCUT2D eigenvalue weighted by Gasteiger charge is 2.16. The summed E-state index contributed by atoms with van der Waals surface area (Å²) in [4.78, 5) is 12.5. The molecule has 0 bridgehead atoms. The van der Waals surface area contributed by atoms with Gasteiger partial charge in [0.25, 0.3) is 0 Å². The van der Waals surface area contributed by atoms with Crippen molar-refractivity contribution in [3.8, 4) is 0 Å². The molecule has 2 rings (SSSR count). The lowest BCUT2D eigenvalue weighted by Gasteiger charge is -2.06. The van der Waals surface area contributed by atoms with E-state index in [2.05, 4.69) is 10.5 Å². The molecule has 4 nitrogen and oxygen atoms in total. The zero-order chi connectivity index (χ0) is 14.4. The van der Waals surface area contributed by atoms with Crippen LogP contribution >= 0.6 is 12.2 Å². The molecular formula is C15H13N3OS. The van der Waals surface area contributed by atoms with Crippen LogP contribution in [-0.4, -0.2) is 16.6 Å². The largest absolute Gasteiger partial charge is 0.375 e. The van der Waals surface area contributed by atoms with Crippen molar-refractivity contribution in [3.05, 3.63) is 71.8 Å². The number of hydrogen-bond acceptors (Lipinski definition) is 3. The lowest BCUT2D eigenvalue weighted by atomic mass is 10.0. The van der Waals surface area contributed by atoms with Crippen molar-refractivity contribution in [2.45, 2.75) is 0 Å². The summed E-state index contributed by atoms with van der Waals surface area (Å²) in [6.45, 7) is 0. The van der Waals surface area contributed by atoms with Crippen molar-refractivity contribution in [1.82, 2.24) is 5.43 Å². The molecule has 20 heavy (non-hydrogen) atoms. The van der Waals surface area contributed by atoms with Gasteiger partial charge >= 0.3 is 0 Å². The summed E-state index contributed by atoms with van der Waals surface area (Å²) in [6, 6.07) is 18.1. The zero-order valence-corrected chi connectivity index (χ0v) is 11.4. The average molecular weight is 283 g/mol. The Morgan fingerprint density at radius 2 is 1.45 bits per heavy atom. The van der Waals surface area contributed by atoms with Gasteiger partial charge in [0.15, 0.2) is 5.11 Å². The first-order valence-electron chi connectivity index (χ1n) is 5.97. The predicted molar refractivity (Wildman–Crippen MR) is 83.7 cm³/mol. The molecule has 3 N–H and O–H groups in total. The van der Waals surface area contributed by atoms with E-state index in [1.165, 1.54) is 0 Å². The molecule has 0 fully saturated rings. The van der Waals surface area contributed by atoms with Crippen molar-refractivity contribution >= 4 is 28.8 Å². The maximum Gasteiger partial charge on any atom is 0.213 e. The first kappa shape index (κ1) is 13.9. The van der Waals surface area contributed by atoms with Gasteiger partial charge in [0.2, 0.25) is 5.78 Å². The fraction of sp³-hybridized carbons (Fsp3) is 0. The van der Waals surface area contributed by atoms with E-state index in [-0.39, 0.29) is 16.6 Å². The van der Waals surface area contributed by atoms with Gasteiger partial charge in [-0.15, -0.1) is 0 Å². The first-order valence-corrected chi connectivity index (χ1v) is 6.37. The van der Waals surface area contributed by atoms with Gasteiger partial charge in [-0.1, -0.05) is 60.7 Å². The minimum atomic E-state index is -0.194. The number of hydrazone groups is 1. The summed E-state index contributed by atoms with van der Waals surface area (Å²) >= 11 is 4.72. The minimum Gasteiger partial charge on any atom is -0.375 e. The van der Waals surface area contributed by atoms with Gasteiger partial charge in [0, 0.05) is 11.1 Å². The maximum atomic E-state index is 12.5. The van der Waals surface area contributed by atoms with Crippen LogP contribution in [0.3, 0.4) is 0 Å². The Morgan fingerprint density at radius 1 is 0.950 bits per heavy atom. The first-order chi connectivity index (χ1) is 9.68. The van der Waals surface area contributed by atoms with Gasteiger partial charge in [-0.05, 0) is 12.2 Å². The normalized spacial score (nSPS) is 10.9. The second-order valence-electron chi connectivity index (χ2n) is 4.00. The fourth-order valence-electron chi connectivity index (χ4n) is 1.68. The number of carbonyl (C=O) groups excluding carboxylic acids is 1. The van der Waals surface area contributed by atoms with Gasteiger partial charge < -0.3 is 5.73 Å². The van der Waals surface area contributed by atoms with E-state index in [1.54, 1.807) is 36.4 Å². The Kier molecular flexibility index (Phi) is 4.57.